The molecule has 2 heterocycles. The SMILES string of the molecule is CCCCCCC(O)C=CC(=O)OC1C(C)OC2(C)C=C(C)C(=O)OC2C1C. The third kappa shape index (κ3) is 5.45. The summed E-state index contributed by atoms with van der Waals surface area (Å²) in [7, 11) is 0. The van der Waals surface area contributed by atoms with E-state index in [4.69, 9.17) is 14.2 Å². The minimum Gasteiger partial charge on any atom is -0.456 e. The van der Waals surface area contributed by atoms with Crippen molar-refractivity contribution in [3.05, 3.63) is 23.8 Å². The fourth-order valence-corrected chi connectivity index (χ4v) is 4.14. The highest BCUT2D eigenvalue weighted by atomic mass is 16.6. The van der Waals surface area contributed by atoms with Gasteiger partial charge in [0.2, 0.25) is 0 Å². The van der Waals surface area contributed by atoms with Crippen molar-refractivity contribution in [1.29, 1.82) is 0 Å². The van der Waals surface area contributed by atoms with E-state index in [1.807, 2.05) is 20.8 Å². The Labute approximate surface area is 167 Å². The van der Waals surface area contributed by atoms with Crippen molar-refractivity contribution in [2.24, 2.45) is 5.92 Å². The minimum atomic E-state index is -0.732. The summed E-state index contributed by atoms with van der Waals surface area (Å²) < 4.78 is 17.2. The standard InChI is InChI=1S/C22H34O6/c1-6-7-8-9-10-17(23)11-12-18(24)26-19-15(3)20-22(5,28-16(19)4)13-14(2)21(25)27-20/h11-13,15-17,19-20,23H,6-10H2,1-5H3. The Morgan fingerprint density at radius 3 is 2.75 bits per heavy atom. The smallest absolute Gasteiger partial charge is 0.333 e. The van der Waals surface area contributed by atoms with Gasteiger partial charge in [0.1, 0.15) is 17.8 Å². The number of aliphatic hydroxyl groups excluding tert-OH is 1. The van der Waals surface area contributed by atoms with Crippen molar-refractivity contribution in [3.63, 3.8) is 0 Å². The Morgan fingerprint density at radius 2 is 2.07 bits per heavy atom. The van der Waals surface area contributed by atoms with Gasteiger partial charge in [-0.1, -0.05) is 39.5 Å². The van der Waals surface area contributed by atoms with Crippen molar-refractivity contribution in [1.82, 2.24) is 0 Å². The van der Waals surface area contributed by atoms with Gasteiger partial charge in [-0.05, 0) is 39.3 Å². The highest BCUT2D eigenvalue weighted by Crippen LogP contribution is 2.41. The van der Waals surface area contributed by atoms with Crippen LogP contribution < -0.4 is 0 Å². The highest BCUT2D eigenvalue weighted by molar-refractivity contribution is 5.89. The number of fused-ring (bicyclic) bond motifs is 1. The van der Waals surface area contributed by atoms with Crippen LogP contribution in [0.1, 0.15) is 66.7 Å². The summed E-state index contributed by atoms with van der Waals surface area (Å²) in [4.78, 5) is 24.2. The number of carbonyl (C=O) groups excluding carboxylic acids is 2. The topological polar surface area (TPSA) is 82.1 Å². The molecule has 6 atom stereocenters. The molecule has 2 aliphatic rings. The Bertz CT molecular complexity index is 625. The summed E-state index contributed by atoms with van der Waals surface area (Å²) in [5.41, 5.74) is -0.214. The fraction of sp³-hybridized carbons (Fsp3) is 0.727. The fourth-order valence-electron chi connectivity index (χ4n) is 4.14. The van der Waals surface area contributed by atoms with Crippen LogP contribution in [0.25, 0.3) is 0 Å². The van der Waals surface area contributed by atoms with Crippen LogP contribution in [0.15, 0.2) is 23.8 Å². The van der Waals surface area contributed by atoms with Gasteiger partial charge < -0.3 is 19.3 Å². The number of carbonyl (C=O) groups is 2. The molecule has 0 aromatic carbocycles. The minimum absolute atomic E-state index is 0.224. The van der Waals surface area contributed by atoms with Crippen molar-refractivity contribution in [2.45, 2.75) is 96.7 Å². The second-order valence-electron chi connectivity index (χ2n) is 8.20. The third-order valence-electron chi connectivity index (χ3n) is 5.58. The molecule has 0 aromatic rings. The van der Waals surface area contributed by atoms with Crippen molar-refractivity contribution >= 4 is 11.9 Å². The lowest BCUT2D eigenvalue weighted by atomic mass is 9.78. The van der Waals surface area contributed by atoms with Gasteiger partial charge >= 0.3 is 11.9 Å². The van der Waals surface area contributed by atoms with Crippen LogP contribution in [0.2, 0.25) is 0 Å². The molecule has 6 heteroatoms. The van der Waals surface area contributed by atoms with Gasteiger partial charge in [-0.25, -0.2) is 9.59 Å². The summed E-state index contributed by atoms with van der Waals surface area (Å²) in [6.45, 7) is 9.47. The zero-order valence-corrected chi connectivity index (χ0v) is 17.6. The quantitative estimate of drug-likeness (QED) is 0.386. The third-order valence-corrected chi connectivity index (χ3v) is 5.58. The van der Waals surface area contributed by atoms with Crippen molar-refractivity contribution in [3.8, 4) is 0 Å². The molecule has 6 nitrogen and oxygen atoms in total. The molecular weight excluding hydrogens is 360 g/mol. The van der Waals surface area contributed by atoms with Crippen LogP contribution in [0.4, 0.5) is 0 Å². The largest absolute Gasteiger partial charge is 0.456 e. The summed E-state index contributed by atoms with van der Waals surface area (Å²) in [5.74, 6) is -1.13. The van der Waals surface area contributed by atoms with E-state index >= 15 is 0 Å². The van der Waals surface area contributed by atoms with Crippen molar-refractivity contribution < 1.29 is 28.9 Å². The zero-order valence-electron chi connectivity index (χ0n) is 17.6. The molecule has 6 unspecified atom stereocenters. The molecule has 1 N–H and O–H groups in total. The second-order valence-corrected chi connectivity index (χ2v) is 8.20. The molecule has 0 radical (unpaired) electrons. The van der Waals surface area contributed by atoms with Gasteiger partial charge in [0.25, 0.3) is 0 Å². The normalized spacial score (nSPS) is 33.8. The van der Waals surface area contributed by atoms with Gasteiger partial charge in [0, 0.05) is 17.6 Å². The second kappa shape index (κ2) is 9.70. The summed E-state index contributed by atoms with van der Waals surface area (Å²) >= 11 is 0. The maximum atomic E-state index is 12.2. The molecule has 0 spiro atoms. The lowest BCUT2D eigenvalue weighted by molar-refractivity contribution is -0.239. The average molecular weight is 395 g/mol. The molecule has 0 bridgehead atoms. The predicted octanol–water partition coefficient (Wildman–Crippen LogP) is 3.47. The number of hydrogen-bond donors (Lipinski definition) is 1. The Balaban J connectivity index is 1.94. The summed E-state index contributed by atoms with van der Waals surface area (Å²) in [6.07, 6.45) is 7.39. The monoisotopic (exact) mass is 394 g/mol. The predicted molar refractivity (Wildman–Crippen MR) is 106 cm³/mol. The van der Waals surface area contributed by atoms with Crippen LogP contribution in [0.5, 0.6) is 0 Å². The number of unbranched alkanes of at least 4 members (excludes halogenated alkanes) is 3. The van der Waals surface area contributed by atoms with E-state index in [0.717, 1.165) is 25.7 Å². The van der Waals surface area contributed by atoms with Gasteiger partial charge in [-0.2, -0.15) is 0 Å². The first kappa shape index (κ1) is 22.6. The maximum Gasteiger partial charge on any atom is 0.333 e. The van der Waals surface area contributed by atoms with E-state index in [2.05, 4.69) is 6.92 Å². The Hall–Kier alpha value is -1.66. The van der Waals surface area contributed by atoms with E-state index in [9.17, 15) is 14.7 Å². The van der Waals surface area contributed by atoms with Crippen LogP contribution in [-0.4, -0.2) is 47.1 Å². The molecule has 28 heavy (non-hydrogen) atoms. The van der Waals surface area contributed by atoms with E-state index in [1.54, 1.807) is 13.0 Å². The molecule has 0 saturated carbocycles. The molecule has 1 saturated heterocycles. The summed E-state index contributed by atoms with van der Waals surface area (Å²) in [5, 5.41) is 9.97. The molecule has 2 aliphatic heterocycles. The van der Waals surface area contributed by atoms with Gasteiger partial charge in [0.15, 0.2) is 0 Å². The first-order chi connectivity index (χ1) is 13.2. The van der Waals surface area contributed by atoms with Crippen LogP contribution in [0, 0.1) is 5.92 Å². The first-order valence-electron chi connectivity index (χ1n) is 10.3. The van der Waals surface area contributed by atoms with E-state index in [0.29, 0.717) is 12.0 Å². The Morgan fingerprint density at radius 1 is 1.36 bits per heavy atom. The van der Waals surface area contributed by atoms with Gasteiger partial charge in [-0.3, -0.25) is 0 Å². The number of hydrogen-bond acceptors (Lipinski definition) is 6. The van der Waals surface area contributed by atoms with Crippen LogP contribution in [0.3, 0.4) is 0 Å². The van der Waals surface area contributed by atoms with Gasteiger partial charge in [0.05, 0.1) is 12.2 Å². The summed E-state index contributed by atoms with van der Waals surface area (Å²) in [6, 6.07) is 0. The molecule has 0 aliphatic carbocycles. The first-order valence-corrected chi connectivity index (χ1v) is 10.3. The Kier molecular flexibility index (Phi) is 7.84. The molecule has 0 aromatic heterocycles. The highest BCUT2D eigenvalue weighted by Gasteiger charge is 2.53. The molecule has 0 amide bonds. The molecular formula is C22H34O6. The lowest BCUT2D eigenvalue weighted by Crippen LogP contribution is -2.61. The lowest BCUT2D eigenvalue weighted by Gasteiger charge is -2.50. The number of aliphatic hydroxyl groups is 1. The zero-order chi connectivity index (χ0) is 20.9. The molecule has 1 fully saturated rings. The molecule has 158 valence electrons. The number of ether oxygens (including phenoxy) is 3. The van der Waals surface area contributed by atoms with Gasteiger partial charge in [-0.15, -0.1) is 0 Å². The maximum absolute atomic E-state index is 12.2. The van der Waals surface area contributed by atoms with Crippen LogP contribution in [-0.2, 0) is 23.8 Å². The molecule has 2 rings (SSSR count). The average Bonchev–Trinajstić information content (AvgIpc) is 2.62. The van der Waals surface area contributed by atoms with E-state index in [1.165, 1.54) is 12.2 Å². The van der Waals surface area contributed by atoms with E-state index in [-0.39, 0.29) is 18.0 Å². The number of esters is 2. The van der Waals surface area contributed by atoms with Crippen molar-refractivity contribution in [2.75, 3.05) is 0 Å². The van der Waals surface area contributed by atoms with E-state index < -0.39 is 29.9 Å². The van der Waals surface area contributed by atoms with Crippen LogP contribution >= 0.6 is 0 Å². The number of rotatable bonds is 8.